The summed E-state index contributed by atoms with van der Waals surface area (Å²) in [6, 6.07) is 16.8. The molecule has 1 radical (unpaired) electrons. The second kappa shape index (κ2) is 24.8. The first-order valence-electron chi connectivity index (χ1n) is 16.2. The minimum Gasteiger partial charge on any atom is -0.491 e. The van der Waals surface area contributed by atoms with Crippen LogP contribution in [0.25, 0.3) is 22.2 Å². The molecule has 0 unspecified atom stereocenters. The van der Waals surface area contributed by atoms with E-state index in [0.29, 0.717) is 26.0 Å². The SMILES string of the molecule is CC.CC.CCC.CCOc1c(C)cc(CCN=Cc2ccc3ncc(CC)cc3c2)nc1-c1ccc(F)cc1.C[B]CN. The number of aromatic nitrogens is 2. The summed E-state index contributed by atoms with van der Waals surface area (Å²) >= 11 is 0. The molecule has 44 heavy (non-hydrogen) atoms. The Kier molecular flexibility index (Phi) is 22.8. The van der Waals surface area contributed by atoms with Crippen LogP contribution in [0, 0.1) is 12.7 Å². The molecule has 4 rings (SSSR count). The first-order valence-corrected chi connectivity index (χ1v) is 16.2. The lowest BCUT2D eigenvalue weighted by Crippen LogP contribution is -2.03. The molecule has 7 heteroatoms. The molecule has 4 aromatic rings. The Morgan fingerprint density at radius 3 is 2.16 bits per heavy atom. The molecule has 2 heterocycles. The first kappa shape index (κ1) is 40.4. The van der Waals surface area contributed by atoms with Crippen LogP contribution in [0.1, 0.15) is 84.2 Å². The van der Waals surface area contributed by atoms with Crippen molar-refractivity contribution in [3.05, 3.63) is 89.0 Å². The zero-order chi connectivity index (χ0) is 33.3. The smallest absolute Gasteiger partial charge is 0.148 e. The monoisotopic (exact) mass is 601 g/mol. The van der Waals surface area contributed by atoms with Gasteiger partial charge in [-0.25, -0.2) is 9.37 Å². The van der Waals surface area contributed by atoms with Crippen LogP contribution in [0.2, 0.25) is 6.82 Å². The van der Waals surface area contributed by atoms with Crippen LogP contribution in [-0.2, 0) is 12.8 Å². The number of hydrogen-bond donors (Lipinski definition) is 1. The van der Waals surface area contributed by atoms with Gasteiger partial charge in [-0.15, -0.1) is 0 Å². The molecule has 0 saturated heterocycles. The summed E-state index contributed by atoms with van der Waals surface area (Å²) in [7, 11) is 1.90. The summed E-state index contributed by atoms with van der Waals surface area (Å²) in [5.74, 6) is 0.474. The molecule has 0 aliphatic carbocycles. The van der Waals surface area contributed by atoms with E-state index in [2.05, 4.69) is 42.9 Å². The molecule has 2 aromatic heterocycles. The predicted molar refractivity (Wildman–Crippen MR) is 192 cm³/mol. The predicted octanol–water partition coefficient (Wildman–Crippen LogP) is 9.49. The first-order chi connectivity index (χ1) is 21.4. The van der Waals surface area contributed by atoms with E-state index in [4.69, 9.17) is 15.5 Å². The molecular formula is C37H55BFN4O. The maximum Gasteiger partial charge on any atom is 0.148 e. The number of halogens is 1. The standard InChI is InChI=1S/C28H28FN3O.C3H8.C2H7BN.2C2H6/c1-4-20-15-23-16-21(6-11-26(23)31-18-20)17-30-13-12-25-14-19(3)28(33-5-2)27(32-25)22-7-9-24(29)10-8-22;1-3-2;1-3-2-4;2*1-2/h6-11,14-18H,4-5,12-13H2,1-3H3;3H2,1-2H3;2,4H2,1H3;2*1-2H3. The van der Waals surface area contributed by atoms with Gasteiger partial charge in [0, 0.05) is 42.0 Å². The highest BCUT2D eigenvalue weighted by molar-refractivity contribution is 6.33. The number of ether oxygens (including phenoxy) is 1. The number of hydrogen-bond acceptors (Lipinski definition) is 5. The normalized spacial score (nSPS) is 9.82. The lowest BCUT2D eigenvalue weighted by Gasteiger charge is -2.14. The number of rotatable bonds is 9. The van der Waals surface area contributed by atoms with Crippen LogP contribution in [0.15, 0.2) is 65.8 Å². The molecule has 5 nitrogen and oxygen atoms in total. The van der Waals surface area contributed by atoms with E-state index in [9.17, 15) is 4.39 Å². The summed E-state index contributed by atoms with van der Waals surface area (Å²) in [4.78, 5) is 14.0. The highest BCUT2D eigenvalue weighted by Gasteiger charge is 2.13. The molecule has 2 N–H and O–H groups in total. The molecule has 0 spiro atoms. The molecule has 239 valence electrons. The third kappa shape index (κ3) is 14.3. The highest BCUT2D eigenvalue weighted by atomic mass is 19.1. The number of aryl methyl sites for hydroxylation is 2. The molecule has 0 bridgehead atoms. The van der Waals surface area contributed by atoms with Crippen LogP contribution in [-0.4, -0.2) is 43.1 Å². The maximum absolute atomic E-state index is 13.4. The van der Waals surface area contributed by atoms with Crippen molar-refractivity contribution >= 4 is 24.4 Å². The summed E-state index contributed by atoms with van der Waals surface area (Å²) in [5.41, 5.74) is 11.8. The van der Waals surface area contributed by atoms with Crippen molar-refractivity contribution in [3.8, 4) is 17.0 Å². The van der Waals surface area contributed by atoms with Crippen LogP contribution in [0.3, 0.4) is 0 Å². The lowest BCUT2D eigenvalue weighted by atomic mass is 9.84. The zero-order valence-corrected chi connectivity index (χ0v) is 28.9. The molecule has 2 aromatic carbocycles. The quantitative estimate of drug-likeness (QED) is 0.153. The number of aliphatic imine (C=N–C) groups is 1. The third-order valence-corrected chi connectivity index (χ3v) is 5.76. The highest BCUT2D eigenvalue weighted by Crippen LogP contribution is 2.32. The van der Waals surface area contributed by atoms with Crippen molar-refractivity contribution in [2.45, 2.75) is 88.4 Å². The summed E-state index contributed by atoms with van der Waals surface area (Å²) in [6.45, 7) is 21.4. The van der Waals surface area contributed by atoms with Gasteiger partial charge in [0.05, 0.1) is 12.1 Å². The van der Waals surface area contributed by atoms with Crippen molar-refractivity contribution in [3.63, 3.8) is 0 Å². The Morgan fingerprint density at radius 1 is 0.955 bits per heavy atom. The zero-order valence-electron chi connectivity index (χ0n) is 28.9. The van der Waals surface area contributed by atoms with Crippen molar-refractivity contribution < 1.29 is 9.13 Å². The fourth-order valence-corrected chi connectivity index (χ4v) is 3.81. The second-order valence-corrected chi connectivity index (χ2v) is 9.33. The minimum absolute atomic E-state index is 0.269. The van der Waals surface area contributed by atoms with E-state index in [1.54, 1.807) is 12.1 Å². The minimum atomic E-state index is -0.269. The van der Waals surface area contributed by atoms with Gasteiger partial charge < -0.3 is 10.5 Å². The molecule has 0 atom stereocenters. The fraction of sp³-hybridized carbons (Fsp3) is 0.432. The average molecular weight is 602 g/mol. The van der Waals surface area contributed by atoms with E-state index in [1.165, 1.54) is 24.1 Å². The van der Waals surface area contributed by atoms with Gasteiger partial charge in [-0.1, -0.05) is 67.8 Å². The Hall–Kier alpha value is -3.58. The Morgan fingerprint density at radius 2 is 1.59 bits per heavy atom. The van der Waals surface area contributed by atoms with Gasteiger partial charge in [0.2, 0.25) is 0 Å². The molecule has 0 aliphatic heterocycles. The Balaban J connectivity index is 0.00000148. The number of benzene rings is 2. The van der Waals surface area contributed by atoms with Crippen molar-refractivity contribution in [1.82, 2.24) is 9.97 Å². The molecule has 0 saturated carbocycles. The largest absolute Gasteiger partial charge is 0.491 e. The molecular weight excluding hydrogens is 546 g/mol. The Bertz CT molecular complexity index is 1340. The van der Waals surface area contributed by atoms with Gasteiger partial charge in [-0.3, -0.25) is 9.98 Å². The van der Waals surface area contributed by atoms with E-state index < -0.39 is 0 Å². The van der Waals surface area contributed by atoms with Crippen LogP contribution in [0.5, 0.6) is 5.75 Å². The van der Waals surface area contributed by atoms with Crippen LogP contribution < -0.4 is 10.5 Å². The van der Waals surface area contributed by atoms with Gasteiger partial charge in [-0.05, 0) is 91.9 Å². The summed E-state index contributed by atoms with van der Waals surface area (Å²) in [5, 5.41) is 1.13. The van der Waals surface area contributed by atoms with Crippen molar-refractivity contribution in [1.29, 1.82) is 0 Å². The van der Waals surface area contributed by atoms with Crippen molar-refractivity contribution in [2.75, 3.05) is 19.6 Å². The van der Waals surface area contributed by atoms with E-state index in [0.717, 1.165) is 51.2 Å². The topological polar surface area (TPSA) is 73.4 Å². The van der Waals surface area contributed by atoms with Crippen LogP contribution >= 0.6 is 0 Å². The van der Waals surface area contributed by atoms with Gasteiger partial charge in [0.1, 0.15) is 24.5 Å². The van der Waals surface area contributed by atoms with Crippen molar-refractivity contribution in [2.24, 2.45) is 10.7 Å². The molecule has 0 amide bonds. The van der Waals surface area contributed by atoms with Gasteiger partial charge in [0.25, 0.3) is 0 Å². The average Bonchev–Trinajstić information content (AvgIpc) is 3.06. The second-order valence-electron chi connectivity index (χ2n) is 9.33. The van der Waals surface area contributed by atoms with E-state index in [-0.39, 0.29) is 5.82 Å². The summed E-state index contributed by atoms with van der Waals surface area (Å²) in [6.07, 6.45) is 7.45. The van der Waals surface area contributed by atoms with E-state index in [1.807, 2.05) is 86.3 Å². The number of fused-ring (bicyclic) bond motifs is 1. The number of nitrogens with two attached hydrogens (primary N) is 1. The third-order valence-electron chi connectivity index (χ3n) is 5.76. The fourth-order valence-electron chi connectivity index (χ4n) is 3.81. The molecule has 0 fully saturated rings. The molecule has 0 aliphatic rings. The Labute approximate surface area is 267 Å². The van der Waals surface area contributed by atoms with Gasteiger partial charge in [0.15, 0.2) is 0 Å². The maximum atomic E-state index is 13.4. The number of nitrogens with zero attached hydrogens (tertiary/aromatic N) is 3. The van der Waals surface area contributed by atoms with E-state index >= 15 is 0 Å². The van der Waals surface area contributed by atoms with Crippen LogP contribution in [0.4, 0.5) is 4.39 Å². The lowest BCUT2D eigenvalue weighted by molar-refractivity contribution is 0.338. The van der Waals surface area contributed by atoms with Gasteiger partial charge >= 0.3 is 0 Å². The summed E-state index contributed by atoms with van der Waals surface area (Å²) < 4.78 is 19.3. The number of pyridine rings is 2. The van der Waals surface area contributed by atoms with Gasteiger partial charge in [-0.2, -0.15) is 0 Å².